The van der Waals surface area contributed by atoms with Crippen LogP contribution in [0, 0.1) is 0 Å². The number of alkyl halides is 6. The van der Waals surface area contributed by atoms with E-state index in [1.165, 1.54) is 0 Å². The summed E-state index contributed by atoms with van der Waals surface area (Å²) >= 11 is 0. The van der Waals surface area contributed by atoms with Gasteiger partial charge < -0.3 is 32.4 Å². The van der Waals surface area contributed by atoms with Gasteiger partial charge in [-0.3, -0.25) is 0 Å². The van der Waals surface area contributed by atoms with E-state index in [-0.39, 0.29) is 11.4 Å². The van der Waals surface area contributed by atoms with Crippen LogP contribution in [0.15, 0.2) is 146 Å². The molecule has 0 aliphatic heterocycles. The zero-order valence-corrected chi connectivity index (χ0v) is 26.8. The number of benzene rings is 6. The molecule has 0 fully saturated rings. The first kappa shape index (κ1) is 36.0. The van der Waals surface area contributed by atoms with Crippen molar-refractivity contribution in [2.75, 3.05) is 22.9 Å². The van der Waals surface area contributed by atoms with Crippen LogP contribution in [0.3, 0.4) is 0 Å². The fourth-order valence-electron chi connectivity index (χ4n) is 5.22. The molecule has 0 unspecified atom stereocenters. The van der Waals surface area contributed by atoms with Gasteiger partial charge in [-0.1, -0.05) is 48.5 Å². The highest BCUT2D eigenvalue weighted by Gasteiger charge is 2.72. The molecule has 0 spiro atoms. The highest BCUT2D eigenvalue weighted by Crippen LogP contribution is 2.56. The van der Waals surface area contributed by atoms with Crippen LogP contribution < -0.4 is 32.4 Å². The normalized spacial score (nSPS) is 11.6. The van der Waals surface area contributed by atoms with Crippen molar-refractivity contribution in [1.82, 2.24) is 0 Å². The van der Waals surface area contributed by atoms with Crippen LogP contribution in [0.25, 0.3) is 11.1 Å². The topological polar surface area (TPSA) is 123 Å². The SMILES string of the molecule is Nc1ccc(C(c2ccc(N)cc2)(C(F)(F)F)C(F)(F)F)cc1.Nc1ccc(Oc2ccc(-c3ccc(Oc4ccc(N)cc4)cc3)cc2)cc1. The molecule has 51 heavy (non-hydrogen) atoms. The summed E-state index contributed by atoms with van der Waals surface area (Å²) in [5.74, 6) is 3.06. The lowest BCUT2D eigenvalue weighted by atomic mass is 9.73. The van der Waals surface area contributed by atoms with Gasteiger partial charge in [0.15, 0.2) is 0 Å². The maximum Gasteiger partial charge on any atom is 0.411 e. The van der Waals surface area contributed by atoms with E-state index in [0.717, 1.165) is 82.7 Å². The first-order valence-corrected chi connectivity index (χ1v) is 15.3. The van der Waals surface area contributed by atoms with Crippen LogP contribution in [0.2, 0.25) is 0 Å². The lowest BCUT2D eigenvalue weighted by Crippen LogP contribution is -2.54. The molecule has 0 saturated heterocycles. The lowest BCUT2D eigenvalue weighted by molar-refractivity contribution is -0.288. The van der Waals surface area contributed by atoms with Crippen LogP contribution in [-0.2, 0) is 5.41 Å². The summed E-state index contributed by atoms with van der Waals surface area (Å²) in [6, 6.07) is 37.5. The van der Waals surface area contributed by atoms with Crippen LogP contribution >= 0.6 is 0 Å². The number of rotatable bonds is 7. The highest BCUT2D eigenvalue weighted by molar-refractivity contribution is 5.65. The second kappa shape index (κ2) is 14.7. The number of nitrogens with two attached hydrogens (primary N) is 4. The monoisotopic (exact) mass is 702 g/mol. The van der Waals surface area contributed by atoms with E-state index in [1.807, 2.05) is 97.1 Å². The Kier molecular flexibility index (Phi) is 10.4. The van der Waals surface area contributed by atoms with Crippen LogP contribution in [0.4, 0.5) is 49.1 Å². The fraction of sp³-hybridized carbons (Fsp3) is 0.0769. The van der Waals surface area contributed by atoms with Crippen molar-refractivity contribution in [1.29, 1.82) is 0 Å². The molecule has 0 saturated carbocycles. The van der Waals surface area contributed by atoms with Crippen molar-refractivity contribution in [3.05, 3.63) is 157 Å². The molecular formula is C39H32F6N4O2. The molecule has 0 heterocycles. The van der Waals surface area contributed by atoms with Crippen molar-refractivity contribution >= 4 is 22.7 Å². The predicted molar refractivity (Wildman–Crippen MR) is 188 cm³/mol. The van der Waals surface area contributed by atoms with Crippen LogP contribution in [0.5, 0.6) is 23.0 Å². The Morgan fingerprint density at radius 3 is 0.765 bits per heavy atom. The molecule has 0 atom stereocenters. The molecule has 6 aromatic carbocycles. The summed E-state index contributed by atoms with van der Waals surface area (Å²) < 4.78 is 93.6. The van der Waals surface area contributed by atoms with E-state index in [4.69, 9.17) is 32.4 Å². The Morgan fingerprint density at radius 1 is 0.314 bits per heavy atom. The van der Waals surface area contributed by atoms with Gasteiger partial charge in [-0.25, -0.2) is 0 Å². The molecule has 0 radical (unpaired) electrons. The third-order valence-corrected chi connectivity index (χ3v) is 7.81. The summed E-state index contributed by atoms with van der Waals surface area (Å²) in [7, 11) is 0. The molecule has 6 rings (SSSR count). The second-order valence-electron chi connectivity index (χ2n) is 11.4. The zero-order chi connectivity index (χ0) is 36.8. The Bertz CT molecular complexity index is 1860. The molecule has 6 aromatic rings. The van der Waals surface area contributed by atoms with Crippen LogP contribution in [-0.4, -0.2) is 12.4 Å². The summed E-state index contributed by atoms with van der Waals surface area (Å²) in [4.78, 5) is 0. The highest BCUT2D eigenvalue weighted by atomic mass is 19.4. The smallest absolute Gasteiger partial charge is 0.411 e. The number of hydrogen-bond acceptors (Lipinski definition) is 6. The fourth-order valence-corrected chi connectivity index (χ4v) is 5.22. The Balaban J connectivity index is 0.000000202. The number of anilines is 4. The molecule has 0 bridgehead atoms. The Hall–Kier alpha value is -6.30. The van der Waals surface area contributed by atoms with Gasteiger partial charge in [0.1, 0.15) is 23.0 Å². The summed E-state index contributed by atoms with van der Waals surface area (Å²) in [6.07, 6.45) is -11.2. The largest absolute Gasteiger partial charge is 0.457 e. The van der Waals surface area contributed by atoms with Crippen LogP contribution in [0.1, 0.15) is 11.1 Å². The first-order chi connectivity index (χ1) is 24.2. The zero-order valence-electron chi connectivity index (χ0n) is 26.8. The van der Waals surface area contributed by atoms with E-state index < -0.39 is 28.9 Å². The number of nitrogen functional groups attached to an aromatic ring is 4. The minimum absolute atomic E-state index is 0.0595. The standard InChI is InChI=1S/C24H20N2O2.C15H12F6N2/c25-19-5-13-23(14-6-19)27-21-9-1-17(2-10-21)18-3-11-22(12-4-18)28-24-15-7-20(26)8-16-24;16-14(17,18)13(15(19,20)21,9-1-5-11(22)6-2-9)10-3-7-12(23)8-4-10/h1-16H,25-26H2;1-8H,22-23H2. The molecule has 0 amide bonds. The molecule has 8 N–H and O–H groups in total. The van der Waals surface area contributed by atoms with E-state index >= 15 is 0 Å². The van der Waals surface area contributed by atoms with Crippen molar-refractivity contribution in [3.8, 4) is 34.1 Å². The van der Waals surface area contributed by atoms with Gasteiger partial charge in [0.2, 0.25) is 5.41 Å². The average Bonchev–Trinajstić information content (AvgIpc) is 3.09. The van der Waals surface area contributed by atoms with Crippen molar-refractivity contribution in [2.45, 2.75) is 17.8 Å². The van der Waals surface area contributed by atoms with Crippen molar-refractivity contribution in [2.24, 2.45) is 0 Å². The maximum atomic E-state index is 13.7. The molecule has 12 heteroatoms. The number of halogens is 6. The van der Waals surface area contributed by atoms with E-state index in [1.54, 1.807) is 0 Å². The first-order valence-electron chi connectivity index (χ1n) is 15.3. The molecular weight excluding hydrogens is 670 g/mol. The summed E-state index contributed by atoms with van der Waals surface area (Å²) in [5, 5.41) is 0. The van der Waals surface area contributed by atoms with Gasteiger partial charge in [0.25, 0.3) is 0 Å². The quantitative estimate of drug-likeness (QED) is 0.0970. The van der Waals surface area contributed by atoms with Gasteiger partial charge >= 0.3 is 12.4 Å². The lowest BCUT2D eigenvalue weighted by Gasteiger charge is -2.38. The third-order valence-electron chi connectivity index (χ3n) is 7.81. The van der Waals surface area contributed by atoms with Gasteiger partial charge in [-0.2, -0.15) is 26.3 Å². The molecule has 262 valence electrons. The van der Waals surface area contributed by atoms with E-state index in [2.05, 4.69) is 0 Å². The Labute approximate surface area is 289 Å². The molecule has 0 aromatic heterocycles. The molecule has 0 aliphatic carbocycles. The second-order valence-corrected chi connectivity index (χ2v) is 11.4. The third kappa shape index (κ3) is 8.30. The van der Waals surface area contributed by atoms with E-state index in [9.17, 15) is 26.3 Å². The van der Waals surface area contributed by atoms with Gasteiger partial charge in [-0.05, 0) is 119 Å². The average molecular weight is 703 g/mol. The van der Waals surface area contributed by atoms with Gasteiger partial charge in [-0.15, -0.1) is 0 Å². The van der Waals surface area contributed by atoms with E-state index in [0.29, 0.717) is 11.4 Å². The minimum atomic E-state index is -5.61. The predicted octanol–water partition coefficient (Wildman–Crippen LogP) is 10.4. The summed E-state index contributed by atoms with van der Waals surface area (Å²) in [5.41, 5.74) is 19.8. The molecule has 6 nitrogen and oxygen atoms in total. The number of hydrogen-bond donors (Lipinski definition) is 4. The number of ether oxygens (including phenoxy) is 2. The molecule has 0 aliphatic rings. The Morgan fingerprint density at radius 2 is 0.529 bits per heavy atom. The summed E-state index contributed by atoms with van der Waals surface area (Å²) in [6.45, 7) is 0. The van der Waals surface area contributed by atoms with Crippen molar-refractivity contribution in [3.63, 3.8) is 0 Å². The van der Waals surface area contributed by atoms with Gasteiger partial charge in [0.05, 0.1) is 0 Å². The van der Waals surface area contributed by atoms with Crippen molar-refractivity contribution < 1.29 is 35.8 Å². The minimum Gasteiger partial charge on any atom is -0.457 e. The maximum absolute atomic E-state index is 13.7. The van der Waals surface area contributed by atoms with Gasteiger partial charge in [0, 0.05) is 22.7 Å².